The van der Waals surface area contributed by atoms with Crippen molar-refractivity contribution < 1.29 is 67.3 Å². The van der Waals surface area contributed by atoms with Crippen LogP contribution in [0.15, 0.2) is 47.6 Å². The van der Waals surface area contributed by atoms with Crippen LogP contribution >= 0.6 is 0 Å². The maximum atomic E-state index is 14.5. The van der Waals surface area contributed by atoms with E-state index in [1.165, 1.54) is 19.1 Å². The minimum absolute atomic E-state index is 0.0154. The van der Waals surface area contributed by atoms with E-state index in [0.29, 0.717) is 62.9 Å². The third-order valence-electron chi connectivity index (χ3n) is 15.0. The number of allylic oxidation sites excluding steroid dienone is 3. The summed E-state index contributed by atoms with van der Waals surface area (Å²) >= 11 is 0. The minimum atomic E-state index is -2.51. The number of aliphatic hydroxyl groups excluding tert-OH is 1. The lowest BCUT2D eigenvalue weighted by atomic mass is 9.81. The predicted molar refractivity (Wildman–Crippen MR) is 253 cm³/mol. The van der Waals surface area contributed by atoms with Crippen LogP contribution in [0.3, 0.4) is 0 Å². The summed E-state index contributed by atoms with van der Waals surface area (Å²) in [5.74, 6) is -6.08. The maximum Gasteiger partial charge on any atom is 0.329 e. The highest BCUT2D eigenvalue weighted by Crippen LogP contribution is 2.40. The molecular weight excluding hydrogens is 875 g/mol. The van der Waals surface area contributed by atoms with E-state index < -0.39 is 77.8 Å². The first-order valence-electron chi connectivity index (χ1n) is 24.8. The summed E-state index contributed by atoms with van der Waals surface area (Å²) in [6, 6.07) is 4.63. The van der Waals surface area contributed by atoms with E-state index in [1.54, 1.807) is 21.0 Å². The Morgan fingerprint density at radius 2 is 1.62 bits per heavy atom. The van der Waals surface area contributed by atoms with Gasteiger partial charge in [0.2, 0.25) is 12.6 Å². The molecule has 0 aromatic heterocycles. The van der Waals surface area contributed by atoms with E-state index in [9.17, 15) is 29.4 Å². The first kappa shape index (κ1) is 53.4. The van der Waals surface area contributed by atoms with Crippen molar-refractivity contribution in [1.82, 2.24) is 4.90 Å². The number of benzene rings is 1. The van der Waals surface area contributed by atoms with E-state index in [4.69, 9.17) is 37.9 Å². The largest absolute Gasteiger partial charge is 0.456 e. The highest BCUT2D eigenvalue weighted by atomic mass is 16.7. The van der Waals surface area contributed by atoms with Crippen LogP contribution in [-0.2, 0) is 47.6 Å². The molecule has 4 aliphatic heterocycles. The lowest BCUT2D eigenvalue weighted by molar-refractivity contribution is -0.302. The monoisotopic (exact) mass is 952 g/mol. The molecule has 2 saturated heterocycles. The quantitative estimate of drug-likeness (QED) is 0.140. The van der Waals surface area contributed by atoms with Gasteiger partial charge >= 0.3 is 5.97 Å². The first-order chi connectivity index (χ1) is 32.5. The van der Waals surface area contributed by atoms with Crippen LogP contribution in [0, 0.1) is 29.6 Å². The third kappa shape index (κ3) is 12.7. The molecule has 378 valence electrons. The number of nitrogens with zero attached hydrogens (tertiary/aromatic N) is 1. The molecule has 4 heterocycles. The van der Waals surface area contributed by atoms with Gasteiger partial charge in [-0.25, -0.2) is 4.79 Å². The number of methoxy groups -OCH3 is 3. The minimum Gasteiger partial charge on any atom is -0.456 e. The van der Waals surface area contributed by atoms with Gasteiger partial charge in [-0.2, -0.15) is 0 Å². The molecule has 2 bridgehead atoms. The fourth-order valence-corrected chi connectivity index (χ4v) is 10.9. The number of hydrogen-bond acceptors (Lipinski definition) is 14. The molecule has 3 fully saturated rings. The van der Waals surface area contributed by atoms with E-state index in [-0.39, 0.29) is 62.4 Å². The van der Waals surface area contributed by atoms with Crippen LogP contribution in [0.4, 0.5) is 0 Å². The standard InChI is InChI=1S/C53H77NO14/c1-10-38-23-31(2)22-32(3)24-46(62-8)49-47(63-9)26-34(5)53(60,68-49)50(57)51(58)54-20-12-11-15-39(54)52(59)67-48(35(6)40(55)29-41(38)56)33(4)25-37-17-19-42(44(28-37)61-7)64-21-13-14-36-16-18-43-45(27-36)66-30-65-43/h13-14,16,18,23,25,27,32,34-35,37-40,42,44,46-49,55,60H,10-12,15,17,19-22,24,26,28-30H2,1-9H3/b14-13?,31-23+,33-25?. The second-order valence-electron chi connectivity index (χ2n) is 20.0. The fraction of sp³-hybridized carbons (Fsp3) is 0.698. The number of carbonyl (C=O) groups excluding carboxylic acids is 4. The van der Waals surface area contributed by atoms with Crippen molar-refractivity contribution in [3.8, 4) is 11.5 Å². The summed E-state index contributed by atoms with van der Waals surface area (Å²) in [7, 11) is 4.74. The molecular formula is C53H77NO14. The lowest BCUT2D eigenvalue weighted by Gasteiger charge is -2.47. The molecule has 0 spiro atoms. The molecule has 1 amide bonds. The smallest absolute Gasteiger partial charge is 0.329 e. The maximum absolute atomic E-state index is 14.5. The first-order valence-corrected chi connectivity index (χ1v) is 24.8. The number of amides is 1. The number of esters is 1. The van der Waals surface area contributed by atoms with Crippen LogP contribution in [0.2, 0.25) is 0 Å². The van der Waals surface area contributed by atoms with Crippen molar-refractivity contribution in [2.45, 2.75) is 167 Å². The highest BCUT2D eigenvalue weighted by Gasteiger charge is 2.56. The van der Waals surface area contributed by atoms with Crippen molar-refractivity contribution in [1.29, 1.82) is 0 Å². The van der Waals surface area contributed by atoms with Crippen molar-refractivity contribution in [2.24, 2.45) is 29.6 Å². The molecule has 6 rings (SSSR count). The Bertz CT molecular complexity index is 2000. The van der Waals surface area contributed by atoms with Crippen molar-refractivity contribution in [3.05, 3.63) is 53.1 Å². The molecule has 5 aliphatic rings. The normalized spacial score (nSPS) is 37.0. The van der Waals surface area contributed by atoms with E-state index in [0.717, 1.165) is 23.3 Å². The SMILES string of the molecule is CCC1/C=C(\C)CC(C)CC(OC)C2OC(O)(C(=O)C(=O)N3CCCCC3C(=O)OC(C(C)=CC3CCC(OCC=Cc4ccc5c(c4)OCO5)C(OC)C3)C(C)C(O)CC1=O)C(C)CC2OC. The summed E-state index contributed by atoms with van der Waals surface area (Å²) < 4.78 is 47.6. The number of ether oxygens (including phenoxy) is 8. The topological polar surface area (TPSA) is 186 Å². The average Bonchev–Trinajstić information content (AvgIpc) is 3.81. The summed E-state index contributed by atoms with van der Waals surface area (Å²) in [5, 5.41) is 24.0. The van der Waals surface area contributed by atoms with Crippen LogP contribution < -0.4 is 9.47 Å². The van der Waals surface area contributed by atoms with Gasteiger partial charge in [-0.15, -0.1) is 0 Å². The Morgan fingerprint density at radius 3 is 2.34 bits per heavy atom. The molecule has 0 radical (unpaired) electrons. The zero-order valence-electron chi connectivity index (χ0n) is 41.7. The highest BCUT2D eigenvalue weighted by molar-refractivity contribution is 6.39. The molecule has 1 aromatic rings. The van der Waals surface area contributed by atoms with Gasteiger partial charge in [0.1, 0.15) is 24.0 Å². The number of ketones is 2. The third-order valence-corrected chi connectivity index (χ3v) is 15.0. The van der Waals surface area contributed by atoms with E-state index in [1.807, 2.05) is 57.2 Å². The Morgan fingerprint density at radius 1 is 0.897 bits per heavy atom. The van der Waals surface area contributed by atoms with Gasteiger partial charge in [-0.1, -0.05) is 63.6 Å². The molecule has 1 aliphatic carbocycles. The van der Waals surface area contributed by atoms with Crippen LogP contribution in [-0.4, -0.2) is 134 Å². The van der Waals surface area contributed by atoms with Crippen LogP contribution in [0.25, 0.3) is 6.08 Å². The van der Waals surface area contributed by atoms with Gasteiger partial charge in [-0.3, -0.25) is 14.4 Å². The number of carbonyl (C=O) groups is 4. The molecule has 2 N–H and O–H groups in total. The number of aliphatic hydroxyl groups is 2. The van der Waals surface area contributed by atoms with Gasteiger partial charge in [-0.05, 0) is 113 Å². The van der Waals surface area contributed by atoms with Gasteiger partial charge in [0.25, 0.3) is 11.7 Å². The zero-order chi connectivity index (χ0) is 49.3. The molecule has 1 saturated carbocycles. The lowest BCUT2D eigenvalue weighted by Crippen LogP contribution is -2.64. The molecule has 15 nitrogen and oxygen atoms in total. The number of Topliss-reactive ketones (excluding diaryl/α,β-unsaturated/α-hetero) is 2. The van der Waals surface area contributed by atoms with Crippen molar-refractivity contribution >= 4 is 29.5 Å². The summed E-state index contributed by atoms with van der Waals surface area (Å²) in [6.07, 6.45) is 8.56. The Balaban J connectivity index is 1.25. The van der Waals surface area contributed by atoms with Gasteiger partial charge < -0.3 is 53.0 Å². The van der Waals surface area contributed by atoms with Crippen molar-refractivity contribution in [2.75, 3.05) is 41.3 Å². The number of rotatable bonds is 10. The Labute approximate surface area is 402 Å². The molecule has 68 heavy (non-hydrogen) atoms. The molecule has 14 atom stereocenters. The summed E-state index contributed by atoms with van der Waals surface area (Å²) in [6.45, 7) is 12.0. The molecule has 15 heteroatoms. The second kappa shape index (κ2) is 24.2. The van der Waals surface area contributed by atoms with Gasteiger partial charge in [0.15, 0.2) is 11.5 Å². The molecule has 1 aromatic carbocycles. The summed E-state index contributed by atoms with van der Waals surface area (Å²) in [4.78, 5) is 58.5. The van der Waals surface area contributed by atoms with Gasteiger partial charge in [0.05, 0.1) is 37.1 Å². The predicted octanol–water partition coefficient (Wildman–Crippen LogP) is 6.94. The Kier molecular flexibility index (Phi) is 19.0. The number of cyclic esters (lactones) is 1. The second-order valence-corrected chi connectivity index (χ2v) is 20.0. The number of fused-ring (bicyclic) bond motifs is 4. The fourth-order valence-electron chi connectivity index (χ4n) is 10.9. The summed E-state index contributed by atoms with van der Waals surface area (Å²) in [5.41, 5.74) is 2.66. The van der Waals surface area contributed by atoms with Crippen LogP contribution in [0.5, 0.6) is 11.5 Å². The number of piperidine rings is 1. The van der Waals surface area contributed by atoms with E-state index in [2.05, 4.69) is 13.0 Å². The zero-order valence-corrected chi connectivity index (χ0v) is 41.7. The average molecular weight is 952 g/mol. The van der Waals surface area contributed by atoms with E-state index >= 15 is 0 Å². The Hall–Kier alpha value is -3.96. The number of hydrogen-bond donors (Lipinski definition) is 2. The van der Waals surface area contributed by atoms with Crippen molar-refractivity contribution in [3.63, 3.8) is 0 Å². The van der Waals surface area contributed by atoms with Crippen LogP contribution in [0.1, 0.15) is 118 Å². The van der Waals surface area contributed by atoms with Gasteiger partial charge in [0, 0.05) is 52.0 Å². The molecule has 14 unspecified atom stereocenters.